The molecule has 0 fully saturated rings. The number of carbonyl (C=O) groups excluding carboxylic acids is 2. The molecule has 0 saturated heterocycles. The summed E-state index contributed by atoms with van der Waals surface area (Å²) in [7, 11) is 0. The number of nitro benzene ring substituents is 1. The lowest BCUT2D eigenvalue weighted by Gasteiger charge is -2.22. The van der Waals surface area contributed by atoms with Crippen LogP contribution in [0.25, 0.3) is 0 Å². The maximum atomic E-state index is 12.1. The number of carbonyl (C=O) groups is 3. The van der Waals surface area contributed by atoms with E-state index in [9.17, 15) is 24.5 Å². The number of nitro groups is 1. The summed E-state index contributed by atoms with van der Waals surface area (Å²) in [6, 6.07) is 3.89. The largest absolute Gasteiger partial charge is 0.480 e. The standard InChI is InChI=1S/C16H21N3O6/c1-10(2)8-18(9-15(21)22)14(20)7-17-16(23)12-4-5-13(19(24)25)11(3)6-12/h4-6,10H,7-9H2,1-3H3,(H,17,23)(H,21,22). The van der Waals surface area contributed by atoms with Gasteiger partial charge in [-0.3, -0.25) is 24.5 Å². The van der Waals surface area contributed by atoms with E-state index in [1.807, 2.05) is 13.8 Å². The molecular weight excluding hydrogens is 330 g/mol. The highest BCUT2D eigenvalue weighted by Crippen LogP contribution is 2.18. The summed E-state index contributed by atoms with van der Waals surface area (Å²) < 4.78 is 0. The van der Waals surface area contributed by atoms with Gasteiger partial charge in [-0.2, -0.15) is 0 Å². The summed E-state index contributed by atoms with van der Waals surface area (Å²) in [5, 5.41) is 22.1. The fraction of sp³-hybridized carbons (Fsp3) is 0.438. The predicted molar refractivity (Wildman–Crippen MR) is 89.2 cm³/mol. The second kappa shape index (κ2) is 8.76. The van der Waals surface area contributed by atoms with E-state index in [2.05, 4.69) is 5.32 Å². The number of carboxylic acid groups (broad SMARTS) is 1. The summed E-state index contributed by atoms with van der Waals surface area (Å²) in [6.45, 7) is 4.67. The van der Waals surface area contributed by atoms with Gasteiger partial charge < -0.3 is 15.3 Å². The average Bonchev–Trinajstić information content (AvgIpc) is 2.50. The summed E-state index contributed by atoms with van der Waals surface area (Å²) >= 11 is 0. The fourth-order valence-corrected chi connectivity index (χ4v) is 2.23. The molecule has 0 aliphatic heterocycles. The molecule has 0 spiro atoms. The molecule has 0 atom stereocenters. The molecule has 0 radical (unpaired) electrons. The van der Waals surface area contributed by atoms with Crippen molar-refractivity contribution in [1.29, 1.82) is 0 Å². The molecule has 0 bridgehead atoms. The Morgan fingerprint density at radius 2 is 1.96 bits per heavy atom. The molecular formula is C16H21N3O6. The summed E-state index contributed by atoms with van der Waals surface area (Å²) in [5.41, 5.74) is 0.415. The zero-order valence-electron chi connectivity index (χ0n) is 14.3. The first-order valence-electron chi connectivity index (χ1n) is 7.64. The summed E-state index contributed by atoms with van der Waals surface area (Å²) in [6.07, 6.45) is 0. The van der Waals surface area contributed by atoms with Gasteiger partial charge in [0.15, 0.2) is 0 Å². The number of benzene rings is 1. The SMILES string of the molecule is Cc1cc(C(=O)NCC(=O)N(CC(=O)O)CC(C)C)ccc1[N+](=O)[O-]. The monoisotopic (exact) mass is 351 g/mol. The minimum Gasteiger partial charge on any atom is -0.480 e. The summed E-state index contributed by atoms with van der Waals surface area (Å²) in [4.78, 5) is 46.4. The van der Waals surface area contributed by atoms with E-state index >= 15 is 0 Å². The van der Waals surface area contributed by atoms with Crippen molar-refractivity contribution in [2.24, 2.45) is 5.92 Å². The van der Waals surface area contributed by atoms with Crippen molar-refractivity contribution in [3.63, 3.8) is 0 Å². The van der Waals surface area contributed by atoms with Crippen LogP contribution in [-0.2, 0) is 9.59 Å². The Labute approximate surface area is 144 Å². The maximum absolute atomic E-state index is 12.1. The Balaban J connectivity index is 2.73. The van der Waals surface area contributed by atoms with Gasteiger partial charge >= 0.3 is 5.97 Å². The fourth-order valence-electron chi connectivity index (χ4n) is 2.23. The molecule has 9 heteroatoms. The summed E-state index contributed by atoms with van der Waals surface area (Å²) in [5.74, 6) is -2.13. The Kier molecular flexibility index (Phi) is 7.04. The highest BCUT2D eigenvalue weighted by molar-refractivity contribution is 5.97. The highest BCUT2D eigenvalue weighted by Gasteiger charge is 2.19. The zero-order valence-corrected chi connectivity index (χ0v) is 14.3. The van der Waals surface area contributed by atoms with Gasteiger partial charge in [-0.25, -0.2) is 0 Å². The first kappa shape index (κ1) is 20.1. The van der Waals surface area contributed by atoms with Crippen LogP contribution in [0.15, 0.2) is 18.2 Å². The minimum absolute atomic E-state index is 0.0799. The third-order valence-electron chi connectivity index (χ3n) is 3.32. The van der Waals surface area contributed by atoms with Crippen LogP contribution in [0.1, 0.15) is 29.8 Å². The van der Waals surface area contributed by atoms with Gasteiger partial charge in [-0.15, -0.1) is 0 Å². The van der Waals surface area contributed by atoms with Crippen LogP contribution in [0.5, 0.6) is 0 Å². The van der Waals surface area contributed by atoms with Gasteiger partial charge in [-0.05, 0) is 25.0 Å². The van der Waals surface area contributed by atoms with Crippen LogP contribution < -0.4 is 5.32 Å². The third kappa shape index (κ3) is 6.21. The van der Waals surface area contributed by atoms with Crippen molar-refractivity contribution in [2.75, 3.05) is 19.6 Å². The minimum atomic E-state index is -1.13. The molecule has 0 unspecified atom stereocenters. The number of aliphatic carboxylic acids is 1. The van der Waals surface area contributed by atoms with Crippen molar-refractivity contribution < 1.29 is 24.4 Å². The van der Waals surface area contributed by atoms with Crippen LogP contribution in [0.4, 0.5) is 5.69 Å². The highest BCUT2D eigenvalue weighted by atomic mass is 16.6. The lowest BCUT2D eigenvalue weighted by Crippen LogP contribution is -2.44. The maximum Gasteiger partial charge on any atom is 0.323 e. The first-order valence-corrected chi connectivity index (χ1v) is 7.64. The van der Waals surface area contributed by atoms with Crippen LogP contribution >= 0.6 is 0 Å². The Bertz CT molecular complexity index is 686. The van der Waals surface area contributed by atoms with Crippen molar-refractivity contribution in [3.05, 3.63) is 39.4 Å². The first-order chi connectivity index (χ1) is 11.6. The molecule has 0 aliphatic carbocycles. The lowest BCUT2D eigenvalue weighted by atomic mass is 10.1. The third-order valence-corrected chi connectivity index (χ3v) is 3.32. The Morgan fingerprint density at radius 1 is 1.32 bits per heavy atom. The van der Waals surface area contributed by atoms with Crippen LogP contribution in [-0.4, -0.2) is 52.3 Å². The average molecular weight is 351 g/mol. The topological polar surface area (TPSA) is 130 Å². The van der Waals surface area contributed by atoms with E-state index in [-0.39, 0.29) is 30.3 Å². The van der Waals surface area contributed by atoms with E-state index < -0.39 is 29.3 Å². The molecule has 1 aromatic rings. The van der Waals surface area contributed by atoms with Crippen LogP contribution in [0.2, 0.25) is 0 Å². The molecule has 0 saturated carbocycles. The van der Waals surface area contributed by atoms with Crippen molar-refractivity contribution in [3.8, 4) is 0 Å². The number of hydrogen-bond donors (Lipinski definition) is 2. The molecule has 1 rings (SSSR count). The molecule has 2 N–H and O–H groups in total. The molecule has 0 aliphatic rings. The molecule has 1 aromatic carbocycles. The quantitative estimate of drug-likeness (QED) is 0.535. The van der Waals surface area contributed by atoms with Gasteiger partial charge in [0.05, 0.1) is 11.5 Å². The molecule has 0 heterocycles. The number of carboxylic acids is 1. The van der Waals surface area contributed by atoms with E-state index in [1.54, 1.807) is 0 Å². The zero-order chi connectivity index (χ0) is 19.1. The predicted octanol–water partition coefficient (Wildman–Crippen LogP) is 1.20. The van der Waals surface area contributed by atoms with Crippen molar-refractivity contribution >= 4 is 23.5 Å². The number of aryl methyl sites for hydroxylation is 1. The number of nitrogens with zero attached hydrogens (tertiary/aromatic N) is 2. The van der Waals surface area contributed by atoms with Gasteiger partial charge in [0.1, 0.15) is 6.54 Å². The van der Waals surface area contributed by atoms with Crippen LogP contribution in [0.3, 0.4) is 0 Å². The van der Waals surface area contributed by atoms with Gasteiger partial charge in [0.2, 0.25) is 5.91 Å². The van der Waals surface area contributed by atoms with Gasteiger partial charge in [-0.1, -0.05) is 13.8 Å². The van der Waals surface area contributed by atoms with Crippen molar-refractivity contribution in [1.82, 2.24) is 10.2 Å². The Morgan fingerprint density at radius 3 is 2.44 bits per heavy atom. The molecule has 9 nitrogen and oxygen atoms in total. The molecule has 136 valence electrons. The number of nitrogens with one attached hydrogen (secondary N) is 1. The van der Waals surface area contributed by atoms with Crippen LogP contribution in [0, 0.1) is 23.0 Å². The molecule has 2 amide bonds. The Hall–Kier alpha value is -2.97. The second-order valence-corrected chi connectivity index (χ2v) is 6.00. The van der Waals surface area contributed by atoms with Gasteiger partial charge in [0, 0.05) is 23.7 Å². The smallest absolute Gasteiger partial charge is 0.323 e. The number of hydrogen-bond acceptors (Lipinski definition) is 5. The van der Waals surface area contributed by atoms with E-state index in [4.69, 9.17) is 5.11 Å². The van der Waals surface area contributed by atoms with Gasteiger partial charge in [0.25, 0.3) is 11.6 Å². The van der Waals surface area contributed by atoms with E-state index in [0.29, 0.717) is 5.56 Å². The van der Waals surface area contributed by atoms with Crippen molar-refractivity contribution in [2.45, 2.75) is 20.8 Å². The number of amides is 2. The molecule has 25 heavy (non-hydrogen) atoms. The normalized spacial score (nSPS) is 10.4. The van der Waals surface area contributed by atoms with E-state index in [1.165, 1.54) is 25.1 Å². The number of rotatable bonds is 8. The lowest BCUT2D eigenvalue weighted by molar-refractivity contribution is -0.385. The van der Waals surface area contributed by atoms with E-state index in [0.717, 1.165) is 4.90 Å². The molecule has 0 aromatic heterocycles. The second-order valence-electron chi connectivity index (χ2n) is 6.00.